The number of hydrogen-bond acceptors (Lipinski definition) is 3. The molecule has 1 aromatic rings. The number of nitrogens with one attached hydrogen (secondary N) is 2. The van der Waals surface area contributed by atoms with Gasteiger partial charge >= 0.3 is 0 Å². The summed E-state index contributed by atoms with van der Waals surface area (Å²) in [5, 5.41) is 16.1. The number of amides is 1. The standard InChI is InChI=1S/C17H25FN2O2/c1-12-11-20-15(16(12)21)5-3-2-4-10-19-17(22)13-6-8-14(18)9-7-13/h6-9,12,15-16,20-21H,2-5,10-11H2,1H3,(H,19,22)/t12?,15-,16?/m0/s1. The highest BCUT2D eigenvalue weighted by molar-refractivity contribution is 5.94. The molecular weight excluding hydrogens is 283 g/mol. The monoisotopic (exact) mass is 308 g/mol. The van der Waals surface area contributed by atoms with Gasteiger partial charge in [0.05, 0.1) is 6.10 Å². The average Bonchev–Trinajstić information content (AvgIpc) is 2.83. The third kappa shape index (κ3) is 4.78. The molecule has 0 bridgehead atoms. The molecule has 122 valence electrons. The molecule has 0 aromatic heterocycles. The van der Waals surface area contributed by atoms with Crippen LogP contribution >= 0.6 is 0 Å². The molecule has 4 nitrogen and oxygen atoms in total. The largest absolute Gasteiger partial charge is 0.391 e. The molecule has 0 spiro atoms. The highest BCUT2D eigenvalue weighted by Crippen LogP contribution is 2.18. The van der Waals surface area contributed by atoms with Crippen LogP contribution in [0.3, 0.4) is 0 Å². The summed E-state index contributed by atoms with van der Waals surface area (Å²) < 4.78 is 12.8. The Labute approximate surface area is 131 Å². The van der Waals surface area contributed by atoms with Gasteiger partial charge in [-0.15, -0.1) is 0 Å². The van der Waals surface area contributed by atoms with Crippen LogP contribution in [0.2, 0.25) is 0 Å². The Kier molecular flexibility index (Phi) is 6.34. The third-order valence-corrected chi connectivity index (χ3v) is 4.28. The Morgan fingerprint density at radius 1 is 1.32 bits per heavy atom. The van der Waals surface area contributed by atoms with E-state index >= 15 is 0 Å². The fraction of sp³-hybridized carbons (Fsp3) is 0.588. The van der Waals surface area contributed by atoms with Gasteiger partial charge in [-0.25, -0.2) is 4.39 Å². The van der Waals surface area contributed by atoms with E-state index in [0.717, 1.165) is 32.2 Å². The minimum absolute atomic E-state index is 0.165. The van der Waals surface area contributed by atoms with Gasteiger partial charge in [-0.1, -0.05) is 19.8 Å². The van der Waals surface area contributed by atoms with Crippen molar-refractivity contribution >= 4 is 5.91 Å². The van der Waals surface area contributed by atoms with E-state index in [4.69, 9.17) is 0 Å². The number of carbonyl (C=O) groups excluding carboxylic acids is 1. The van der Waals surface area contributed by atoms with Gasteiger partial charge in [0.25, 0.3) is 5.91 Å². The summed E-state index contributed by atoms with van der Waals surface area (Å²) in [5.41, 5.74) is 0.480. The Bertz CT molecular complexity index is 478. The number of aliphatic hydroxyl groups is 1. The Morgan fingerprint density at radius 3 is 2.68 bits per heavy atom. The summed E-state index contributed by atoms with van der Waals surface area (Å²) in [6, 6.07) is 5.76. The van der Waals surface area contributed by atoms with E-state index in [0.29, 0.717) is 18.0 Å². The van der Waals surface area contributed by atoms with Crippen molar-refractivity contribution in [2.75, 3.05) is 13.1 Å². The highest BCUT2D eigenvalue weighted by Gasteiger charge is 2.30. The van der Waals surface area contributed by atoms with Gasteiger partial charge in [0.2, 0.25) is 0 Å². The maximum Gasteiger partial charge on any atom is 0.251 e. The minimum Gasteiger partial charge on any atom is -0.391 e. The third-order valence-electron chi connectivity index (χ3n) is 4.28. The fourth-order valence-corrected chi connectivity index (χ4v) is 2.82. The molecule has 5 heteroatoms. The van der Waals surface area contributed by atoms with Crippen LogP contribution in [0, 0.1) is 11.7 Å². The molecule has 1 aromatic carbocycles. The van der Waals surface area contributed by atoms with Crippen LogP contribution < -0.4 is 10.6 Å². The number of halogens is 1. The van der Waals surface area contributed by atoms with Crippen molar-refractivity contribution in [2.45, 2.75) is 44.8 Å². The molecule has 3 N–H and O–H groups in total. The number of unbranched alkanes of at least 4 members (excludes halogenated alkanes) is 2. The lowest BCUT2D eigenvalue weighted by molar-refractivity contribution is 0.0953. The number of carbonyl (C=O) groups is 1. The first-order chi connectivity index (χ1) is 10.6. The van der Waals surface area contributed by atoms with Crippen LogP contribution in [-0.4, -0.2) is 36.2 Å². The van der Waals surface area contributed by atoms with E-state index in [-0.39, 0.29) is 23.9 Å². The first kappa shape index (κ1) is 16.9. The highest BCUT2D eigenvalue weighted by atomic mass is 19.1. The molecule has 1 aliphatic heterocycles. The predicted molar refractivity (Wildman–Crippen MR) is 84.2 cm³/mol. The smallest absolute Gasteiger partial charge is 0.251 e. The molecule has 3 atom stereocenters. The van der Waals surface area contributed by atoms with Gasteiger partial charge in [0.1, 0.15) is 5.82 Å². The van der Waals surface area contributed by atoms with Crippen LogP contribution in [0.15, 0.2) is 24.3 Å². The summed E-state index contributed by atoms with van der Waals surface area (Å²) in [6.07, 6.45) is 3.69. The second-order valence-corrected chi connectivity index (χ2v) is 6.09. The van der Waals surface area contributed by atoms with Crippen LogP contribution in [0.4, 0.5) is 4.39 Å². The normalized spacial score (nSPS) is 24.4. The summed E-state index contributed by atoms with van der Waals surface area (Å²) >= 11 is 0. The lowest BCUT2D eigenvalue weighted by Gasteiger charge is -2.16. The van der Waals surface area contributed by atoms with Gasteiger partial charge in [-0.05, 0) is 43.0 Å². The van der Waals surface area contributed by atoms with Crippen LogP contribution in [0.1, 0.15) is 43.0 Å². The van der Waals surface area contributed by atoms with Crippen molar-refractivity contribution in [1.82, 2.24) is 10.6 Å². The van der Waals surface area contributed by atoms with E-state index in [9.17, 15) is 14.3 Å². The van der Waals surface area contributed by atoms with E-state index in [1.165, 1.54) is 24.3 Å². The zero-order valence-electron chi connectivity index (χ0n) is 13.0. The summed E-state index contributed by atoms with van der Waals surface area (Å²) in [5.74, 6) is -0.171. The fourth-order valence-electron chi connectivity index (χ4n) is 2.82. The quantitative estimate of drug-likeness (QED) is 0.676. The second-order valence-electron chi connectivity index (χ2n) is 6.09. The Morgan fingerprint density at radius 2 is 2.05 bits per heavy atom. The SMILES string of the molecule is CC1CN[C@@H](CCCCCNC(=O)c2ccc(F)cc2)C1O. The molecule has 1 fully saturated rings. The molecule has 1 heterocycles. The van der Waals surface area contributed by atoms with Crippen LogP contribution in [-0.2, 0) is 0 Å². The molecule has 1 saturated heterocycles. The number of rotatable bonds is 7. The first-order valence-corrected chi connectivity index (χ1v) is 8.03. The van der Waals surface area contributed by atoms with E-state index in [2.05, 4.69) is 17.6 Å². The topological polar surface area (TPSA) is 61.4 Å². The lowest BCUT2D eigenvalue weighted by Crippen LogP contribution is -2.31. The number of hydrogen-bond donors (Lipinski definition) is 3. The maximum atomic E-state index is 12.8. The van der Waals surface area contributed by atoms with E-state index in [1.54, 1.807) is 0 Å². The van der Waals surface area contributed by atoms with Gasteiger partial charge < -0.3 is 15.7 Å². The second kappa shape index (κ2) is 8.25. The van der Waals surface area contributed by atoms with Crippen LogP contribution in [0.25, 0.3) is 0 Å². The summed E-state index contributed by atoms with van der Waals surface area (Å²) in [6.45, 7) is 3.56. The molecule has 0 radical (unpaired) electrons. The molecule has 2 rings (SSSR count). The minimum atomic E-state index is -0.339. The number of benzene rings is 1. The van der Waals surface area contributed by atoms with Gasteiger partial charge in [0.15, 0.2) is 0 Å². The zero-order chi connectivity index (χ0) is 15.9. The van der Waals surface area contributed by atoms with Crippen molar-refractivity contribution in [3.8, 4) is 0 Å². The van der Waals surface area contributed by atoms with Gasteiger partial charge in [-0.2, -0.15) is 0 Å². The molecular formula is C17H25FN2O2. The van der Waals surface area contributed by atoms with Crippen molar-refractivity contribution in [3.63, 3.8) is 0 Å². The summed E-state index contributed by atoms with van der Waals surface area (Å²) in [7, 11) is 0. The van der Waals surface area contributed by atoms with Gasteiger partial charge in [0, 0.05) is 24.7 Å². The average molecular weight is 308 g/mol. The molecule has 2 unspecified atom stereocenters. The lowest BCUT2D eigenvalue weighted by atomic mass is 9.99. The Hall–Kier alpha value is -1.46. The Balaban J connectivity index is 1.56. The molecule has 1 amide bonds. The number of aliphatic hydroxyl groups excluding tert-OH is 1. The van der Waals surface area contributed by atoms with Crippen molar-refractivity contribution in [1.29, 1.82) is 0 Å². The van der Waals surface area contributed by atoms with Crippen LogP contribution in [0.5, 0.6) is 0 Å². The maximum absolute atomic E-state index is 12.8. The van der Waals surface area contributed by atoms with E-state index in [1.807, 2.05) is 0 Å². The molecule has 22 heavy (non-hydrogen) atoms. The zero-order valence-corrected chi connectivity index (χ0v) is 13.0. The molecule has 0 aliphatic carbocycles. The van der Waals surface area contributed by atoms with Gasteiger partial charge in [-0.3, -0.25) is 4.79 Å². The first-order valence-electron chi connectivity index (χ1n) is 8.03. The van der Waals surface area contributed by atoms with Crippen molar-refractivity contribution < 1.29 is 14.3 Å². The summed E-state index contributed by atoms with van der Waals surface area (Å²) in [4.78, 5) is 11.8. The molecule has 0 saturated carbocycles. The van der Waals surface area contributed by atoms with Crippen molar-refractivity contribution in [2.24, 2.45) is 5.92 Å². The van der Waals surface area contributed by atoms with Crippen molar-refractivity contribution in [3.05, 3.63) is 35.6 Å². The van der Waals surface area contributed by atoms with E-state index < -0.39 is 0 Å². The molecule has 1 aliphatic rings. The predicted octanol–water partition coefficient (Wildman–Crippen LogP) is 2.08.